The normalized spacial score (nSPS) is 7.30. The topological polar surface area (TPSA) is 39.2 Å². The van der Waals surface area contributed by atoms with Gasteiger partial charge in [-0.25, -0.2) is 4.98 Å². The Kier molecular flexibility index (Phi) is 4.96. The van der Waals surface area contributed by atoms with Crippen LogP contribution in [-0.4, -0.2) is 18.9 Å². The van der Waals surface area contributed by atoms with Gasteiger partial charge < -0.3 is 9.53 Å². The van der Waals surface area contributed by atoms with Crippen LogP contribution in [0.1, 0.15) is 0 Å². The molecule has 0 bridgehead atoms. The van der Waals surface area contributed by atoms with Crippen molar-refractivity contribution in [3.8, 4) is 5.88 Å². The van der Waals surface area contributed by atoms with Gasteiger partial charge >= 0.3 is 0 Å². The van der Waals surface area contributed by atoms with Gasteiger partial charge in [0, 0.05) is 12.3 Å². The standard InChI is InChI=1S/C6H7NO.CH2O/c1-8-6-4-2-3-5-7-6;1-2/h2-5H,1H3;1H2. The zero-order valence-corrected chi connectivity index (χ0v) is 5.78. The molecule has 0 radical (unpaired) electrons. The van der Waals surface area contributed by atoms with Gasteiger partial charge in [0.2, 0.25) is 5.88 Å². The van der Waals surface area contributed by atoms with E-state index in [1.807, 2.05) is 18.9 Å². The first-order valence-electron chi connectivity index (χ1n) is 2.67. The Morgan fingerprint density at radius 3 is 2.50 bits per heavy atom. The molecule has 0 atom stereocenters. The first-order chi connectivity index (χ1) is 4.93. The van der Waals surface area contributed by atoms with E-state index in [4.69, 9.17) is 9.53 Å². The molecule has 3 nitrogen and oxygen atoms in total. The fourth-order valence-electron chi connectivity index (χ4n) is 0.468. The predicted octanol–water partition coefficient (Wildman–Crippen LogP) is 0.905. The summed E-state index contributed by atoms with van der Waals surface area (Å²) < 4.78 is 4.80. The van der Waals surface area contributed by atoms with Crippen molar-refractivity contribution in [3.05, 3.63) is 24.4 Å². The second-order valence-electron chi connectivity index (χ2n) is 1.37. The van der Waals surface area contributed by atoms with E-state index in [0.717, 1.165) is 0 Å². The van der Waals surface area contributed by atoms with Crippen LogP contribution in [0.2, 0.25) is 0 Å². The highest BCUT2D eigenvalue weighted by molar-refractivity contribution is 5.11. The lowest BCUT2D eigenvalue weighted by atomic mass is 10.5. The van der Waals surface area contributed by atoms with E-state index in [0.29, 0.717) is 5.88 Å². The van der Waals surface area contributed by atoms with Gasteiger partial charge in [0.15, 0.2) is 0 Å². The van der Waals surface area contributed by atoms with Crippen LogP contribution >= 0.6 is 0 Å². The molecular weight excluding hydrogens is 130 g/mol. The number of hydrogen-bond donors (Lipinski definition) is 0. The smallest absolute Gasteiger partial charge is 0.212 e. The number of hydrogen-bond acceptors (Lipinski definition) is 3. The highest BCUT2D eigenvalue weighted by atomic mass is 16.5. The van der Waals surface area contributed by atoms with Crippen LogP contribution in [0.25, 0.3) is 0 Å². The van der Waals surface area contributed by atoms with Gasteiger partial charge in [0.25, 0.3) is 0 Å². The maximum atomic E-state index is 8.00. The number of ether oxygens (including phenoxy) is 1. The van der Waals surface area contributed by atoms with Crippen LogP contribution in [-0.2, 0) is 4.79 Å². The van der Waals surface area contributed by atoms with Crippen molar-refractivity contribution in [1.29, 1.82) is 0 Å². The van der Waals surface area contributed by atoms with Crippen LogP contribution in [0.5, 0.6) is 5.88 Å². The van der Waals surface area contributed by atoms with Gasteiger partial charge in [-0.05, 0) is 6.07 Å². The van der Waals surface area contributed by atoms with E-state index >= 15 is 0 Å². The molecule has 0 aliphatic carbocycles. The van der Waals surface area contributed by atoms with Crippen LogP contribution in [0, 0.1) is 0 Å². The predicted molar refractivity (Wildman–Crippen MR) is 37.9 cm³/mol. The summed E-state index contributed by atoms with van der Waals surface area (Å²) in [6.07, 6.45) is 1.69. The number of carbonyl (C=O) groups excluding carboxylic acids is 1. The van der Waals surface area contributed by atoms with Gasteiger partial charge in [-0.1, -0.05) is 6.07 Å². The van der Waals surface area contributed by atoms with E-state index in [9.17, 15) is 0 Å². The quantitative estimate of drug-likeness (QED) is 0.580. The maximum Gasteiger partial charge on any atom is 0.212 e. The fraction of sp³-hybridized carbons (Fsp3) is 0.143. The van der Waals surface area contributed by atoms with E-state index in [-0.39, 0.29) is 0 Å². The number of rotatable bonds is 1. The molecule has 1 aromatic heterocycles. The Morgan fingerprint density at radius 2 is 2.20 bits per heavy atom. The Bertz CT molecular complexity index is 165. The average Bonchev–Trinajstić information content (AvgIpc) is 2.10. The lowest BCUT2D eigenvalue weighted by Crippen LogP contribution is -1.83. The van der Waals surface area contributed by atoms with Gasteiger partial charge in [0.05, 0.1) is 7.11 Å². The van der Waals surface area contributed by atoms with Crippen molar-refractivity contribution in [2.24, 2.45) is 0 Å². The molecule has 0 aliphatic heterocycles. The van der Waals surface area contributed by atoms with Gasteiger partial charge in [-0.15, -0.1) is 0 Å². The molecule has 0 aliphatic rings. The highest BCUT2D eigenvalue weighted by Crippen LogP contribution is 1.99. The minimum Gasteiger partial charge on any atom is -0.481 e. The van der Waals surface area contributed by atoms with Crippen molar-refractivity contribution in [2.45, 2.75) is 0 Å². The summed E-state index contributed by atoms with van der Waals surface area (Å²) in [5, 5.41) is 0. The maximum absolute atomic E-state index is 8.00. The Balaban J connectivity index is 0.000000371. The highest BCUT2D eigenvalue weighted by Gasteiger charge is 1.82. The van der Waals surface area contributed by atoms with E-state index in [1.165, 1.54) is 0 Å². The summed E-state index contributed by atoms with van der Waals surface area (Å²) in [6.45, 7) is 2.00. The van der Waals surface area contributed by atoms with Crippen molar-refractivity contribution in [2.75, 3.05) is 7.11 Å². The zero-order valence-electron chi connectivity index (χ0n) is 5.78. The molecule has 0 saturated heterocycles. The van der Waals surface area contributed by atoms with Crippen LogP contribution in [0.4, 0.5) is 0 Å². The van der Waals surface area contributed by atoms with Gasteiger partial charge in [0.1, 0.15) is 6.79 Å². The minimum absolute atomic E-state index is 0.660. The van der Waals surface area contributed by atoms with Crippen molar-refractivity contribution >= 4 is 6.79 Å². The summed E-state index contributed by atoms with van der Waals surface area (Å²) in [5.74, 6) is 0.660. The monoisotopic (exact) mass is 139 g/mol. The summed E-state index contributed by atoms with van der Waals surface area (Å²) in [5.41, 5.74) is 0. The number of methoxy groups -OCH3 is 1. The molecule has 0 spiro atoms. The Labute approximate surface area is 59.7 Å². The van der Waals surface area contributed by atoms with Crippen LogP contribution in [0.15, 0.2) is 24.4 Å². The minimum atomic E-state index is 0.660. The van der Waals surface area contributed by atoms with Gasteiger partial charge in [-0.2, -0.15) is 0 Å². The van der Waals surface area contributed by atoms with E-state index < -0.39 is 0 Å². The summed E-state index contributed by atoms with van der Waals surface area (Å²) in [6, 6.07) is 5.54. The number of nitrogens with zero attached hydrogens (tertiary/aromatic N) is 1. The molecule has 0 N–H and O–H groups in total. The lowest BCUT2D eigenvalue weighted by Gasteiger charge is -1.92. The molecule has 3 heteroatoms. The SMILES string of the molecule is C=O.COc1ccccn1. The van der Waals surface area contributed by atoms with Crippen molar-refractivity contribution in [3.63, 3.8) is 0 Å². The summed E-state index contributed by atoms with van der Waals surface area (Å²) >= 11 is 0. The van der Waals surface area contributed by atoms with Crippen LogP contribution in [0.3, 0.4) is 0 Å². The van der Waals surface area contributed by atoms with E-state index in [2.05, 4.69) is 4.98 Å². The fourth-order valence-corrected chi connectivity index (χ4v) is 0.468. The Morgan fingerprint density at radius 1 is 1.50 bits per heavy atom. The molecule has 1 aromatic rings. The average molecular weight is 139 g/mol. The first-order valence-corrected chi connectivity index (χ1v) is 2.67. The molecular formula is C7H9NO2. The molecule has 0 unspecified atom stereocenters. The van der Waals surface area contributed by atoms with Crippen molar-refractivity contribution < 1.29 is 9.53 Å². The zero-order chi connectivity index (χ0) is 7.82. The number of carbonyl (C=O) groups is 1. The largest absolute Gasteiger partial charge is 0.481 e. The van der Waals surface area contributed by atoms with Crippen LogP contribution < -0.4 is 4.74 Å². The second kappa shape index (κ2) is 5.75. The Hall–Kier alpha value is -1.38. The van der Waals surface area contributed by atoms with E-state index in [1.54, 1.807) is 19.4 Å². The molecule has 0 amide bonds. The second-order valence-corrected chi connectivity index (χ2v) is 1.37. The molecule has 1 heterocycles. The van der Waals surface area contributed by atoms with Crippen molar-refractivity contribution in [1.82, 2.24) is 4.98 Å². The molecule has 54 valence electrons. The number of pyridine rings is 1. The molecule has 0 saturated carbocycles. The molecule has 0 aromatic carbocycles. The summed E-state index contributed by atoms with van der Waals surface area (Å²) in [4.78, 5) is 11.9. The molecule has 10 heavy (non-hydrogen) atoms. The van der Waals surface area contributed by atoms with Gasteiger partial charge in [-0.3, -0.25) is 0 Å². The third-order valence-corrected chi connectivity index (χ3v) is 0.847. The third kappa shape index (κ3) is 2.81. The summed E-state index contributed by atoms with van der Waals surface area (Å²) in [7, 11) is 1.60. The lowest BCUT2D eigenvalue weighted by molar-refractivity contribution is -0.0979. The number of aromatic nitrogens is 1. The molecule has 0 fully saturated rings. The molecule has 1 rings (SSSR count). The third-order valence-electron chi connectivity index (χ3n) is 0.847. The first kappa shape index (κ1) is 8.62.